The van der Waals surface area contributed by atoms with Gasteiger partial charge < -0.3 is 5.32 Å². The second kappa shape index (κ2) is 7.47. The average Bonchev–Trinajstić information content (AvgIpc) is 2.34. The fourth-order valence-corrected chi connectivity index (χ4v) is 2.71. The standard InChI is InChI=1S/C12H17ClN2O3S/c1-2-3-7-19(17,18)14-9-12(16)15-11-6-4-5-10(13)8-11/h4-6,8,14H,2-3,7,9H2,1H3,(H,15,16). The van der Waals surface area contributed by atoms with Gasteiger partial charge >= 0.3 is 0 Å². The van der Waals surface area contributed by atoms with Gasteiger partial charge in [-0.1, -0.05) is 31.0 Å². The summed E-state index contributed by atoms with van der Waals surface area (Å²) >= 11 is 5.77. The van der Waals surface area contributed by atoms with Crippen LogP contribution in [0.15, 0.2) is 24.3 Å². The molecule has 1 amide bonds. The summed E-state index contributed by atoms with van der Waals surface area (Å²) in [6.45, 7) is 1.62. The number of halogens is 1. The molecule has 5 nitrogen and oxygen atoms in total. The Morgan fingerprint density at radius 2 is 2.11 bits per heavy atom. The Balaban J connectivity index is 2.44. The van der Waals surface area contributed by atoms with E-state index in [0.717, 1.165) is 6.42 Å². The number of hydrogen-bond acceptors (Lipinski definition) is 3. The monoisotopic (exact) mass is 304 g/mol. The highest BCUT2D eigenvalue weighted by molar-refractivity contribution is 7.89. The van der Waals surface area contributed by atoms with E-state index in [1.54, 1.807) is 24.3 Å². The quantitative estimate of drug-likeness (QED) is 0.809. The summed E-state index contributed by atoms with van der Waals surface area (Å²) < 4.78 is 25.2. The topological polar surface area (TPSA) is 75.3 Å². The summed E-state index contributed by atoms with van der Waals surface area (Å²) in [5, 5.41) is 3.06. The first kappa shape index (κ1) is 15.9. The van der Waals surface area contributed by atoms with Crippen molar-refractivity contribution >= 4 is 33.2 Å². The summed E-state index contributed by atoms with van der Waals surface area (Å²) in [4.78, 5) is 11.6. The highest BCUT2D eigenvalue weighted by Crippen LogP contribution is 2.14. The molecule has 1 aromatic carbocycles. The van der Waals surface area contributed by atoms with Crippen LogP contribution in [0.2, 0.25) is 5.02 Å². The van der Waals surface area contributed by atoms with Gasteiger partial charge in [0.1, 0.15) is 0 Å². The molecule has 0 atom stereocenters. The van der Waals surface area contributed by atoms with Crippen LogP contribution in [0.5, 0.6) is 0 Å². The number of nitrogens with one attached hydrogen (secondary N) is 2. The molecule has 0 spiro atoms. The number of sulfonamides is 1. The Labute approximate surface area is 118 Å². The molecular weight excluding hydrogens is 288 g/mol. The van der Waals surface area contributed by atoms with E-state index in [9.17, 15) is 13.2 Å². The number of rotatable bonds is 7. The van der Waals surface area contributed by atoms with Crippen molar-refractivity contribution in [2.45, 2.75) is 19.8 Å². The highest BCUT2D eigenvalue weighted by Gasteiger charge is 2.11. The molecule has 7 heteroatoms. The van der Waals surface area contributed by atoms with Crippen LogP contribution >= 0.6 is 11.6 Å². The first-order valence-electron chi connectivity index (χ1n) is 5.95. The van der Waals surface area contributed by atoms with Crippen LogP contribution in [-0.2, 0) is 14.8 Å². The largest absolute Gasteiger partial charge is 0.325 e. The minimum atomic E-state index is -3.38. The third-order valence-corrected chi connectivity index (χ3v) is 3.97. The Morgan fingerprint density at radius 1 is 1.37 bits per heavy atom. The molecule has 0 bridgehead atoms. The molecule has 0 saturated carbocycles. The average molecular weight is 305 g/mol. The predicted octanol–water partition coefficient (Wildman–Crippen LogP) is 2.00. The van der Waals surface area contributed by atoms with E-state index in [4.69, 9.17) is 11.6 Å². The lowest BCUT2D eigenvalue weighted by Gasteiger charge is -2.07. The van der Waals surface area contributed by atoms with Crippen LogP contribution in [0.1, 0.15) is 19.8 Å². The fourth-order valence-electron chi connectivity index (χ4n) is 1.35. The molecule has 0 aliphatic rings. The van der Waals surface area contributed by atoms with Gasteiger partial charge in [0, 0.05) is 10.7 Å². The zero-order valence-electron chi connectivity index (χ0n) is 10.6. The second-order valence-corrected chi connectivity index (χ2v) is 6.41. The van der Waals surface area contributed by atoms with E-state index in [-0.39, 0.29) is 12.3 Å². The molecule has 0 fully saturated rings. The summed E-state index contributed by atoms with van der Waals surface area (Å²) in [7, 11) is -3.38. The third-order valence-electron chi connectivity index (χ3n) is 2.33. The minimum absolute atomic E-state index is 0.0357. The molecular formula is C12H17ClN2O3S. The van der Waals surface area contributed by atoms with Crippen LogP contribution in [0, 0.1) is 0 Å². The van der Waals surface area contributed by atoms with E-state index in [0.29, 0.717) is 17.1 Å². The number of carbonyl (C=O) groups excluding carboxylic acids is 1. The molecule has 0 unspecified atom stereocenters. The maximum absolute atomic E-state index is 11.6. The second-order valence-electron chi connectivity index (χ2n) is 4.05. The number of amides is 1. The van der Waals surface area contributed by atoms with Crippen molar-refractivity contribution in [2.24, 2.45) is 0 Å². The van der Waals surface area contributed by atoms with Crippen molar-refractivity contribution in [1.29, 1.82) is 0 Å². The van der Waals surface area contributed by atoms with E-state index in [2.05, 4.69) is 10.0 Å². The summed E-state index contributed by atoms with van der Waals surface area (Å²) in [6, 6.07) is 6.65. The Bertz CT molecular complexity index is 532. The maximum atomic E-state index is 11.6. The van der Waals surface area contributed by atoms with Gasteiger partial charge in [0.2, 0.25) is 15.9 Å². The normalized spacial score (nSPS) is 11.3. The molecule has 1 aromatic rings. The fraction of sp³-hybridized carbons (Fsp3) is 0.417. The molecule has 0 aromatic heterocycles. The summed E-state index contributed by atoms with van der Waals surface area (Å²) in [5.74, 6) is -0.393. The van der Waals surface area contributed by atoms with Crippen molar-refractivity contribution in [3.8, 4) is 0 Å². The van der Waals surface area contributed by atoms with E-state index in [1.165, 1.54) is 0 Å². The third kappa shape index (κ3) is 6.56. The lowest BCUT2D eigenvalue weighted by molar-refractivity contribution is -0.115. The van der Waals surface area contributed by atoms with Crippen LogP contribution in [0.25, 0.3) is 0 Å². The number of benzene rings is 1. The molecule has 106 valence electrons. The number of unbranched alkanes of at least 4 members (excludes halogenated alkanes) is 1. The molecule has 0 heterocycles. The number of carbonyl (C=O) groups is 1. The molecule has 0 radical (unpaired) electrons. The lowest BCUT2D eigenvalue weighted by atomic mass is 10.3. The number of hydrogen-bond donors (Lipinski definition) is 2. The van der Waals surface area contributed by atoms with Gasteiger partial charge in [0.15, 0.2) is 0 Å². The van der Waals surface area contributed by atoms with Gasteiger partial charge in [0.05, 0.1) is 12.3 Å². The van der Waals surface area contributed by atoms with Crippen LogP contribution in [0.3, 0.4) is 0 Å². The lowest BCUT2D eigenvalue weighted by Crippen LogP contribution is -2.34. The molecule has 19 heavy (non-hydrogen) atoms. The molecule has 0 aliphatic carbocycles. The molecule has 0 aliphatic heterocycles. The maximum Gasteiger partial charge on any atom is 0.239 e. The van der Waals surface area contributed by atoms with Crippen molar-refractivity contribution in [3.05, 3.63) is 29.3 Å². The Kier molecular flexibility index (Phi) is 6.27. The first-order valence-corrected chi connectivity index (χ1v) is 7.99. The van der Waals surface area contributed by atoms with Crippen LogP contribution < -0.4 is 10.0 Å². The van der Waals surface area contributed by atoms with Crippen molar-refractivity contribution in [1.82, 2.24) is 4.72 Å². The van der Waals surface area contributed by atoms with Crippen molar-refractivity contribution in [3.63, 3.8) is 0 Å². The predicted molar refractivity (Wildman–Crippen MR) is 76.8 cm³/mol. The smallest absolute Gasteiger partial charge is 0.239 e. The molecule has 0 saturated heterocycles. The Morgan fingerprint density at radius 3 is 2.74 bits per heavy atom. The zero-order chi connectivity index (χ0) is 14.3. The van der Waals surface area contributed by atoms with Gasteiger partial charge in [0.25, 0.3) is 0 Å². The molecule has 1 rings (SSSR count). The van der Waals surface area contributed by atoms with Gasteiger partial charge in [-0.05, 0) is 24.6 Å². The van der Waals surface area contributed by atoms with Crippen molar-refractivity contribution < 1.29 is 13.2 Å². The van der Waals surface area contributed by atoms with Gasteiger partial charge in [-0.25, -0.2) is 13.1 Å². The number of anilines is 1. The van der Waals surface area contributed by atoms with Crippen LogP contribution in [0.4, 0.5) is 5.69 Å². The molecule has 2 N–H and O–H groups in total. The van der Waals surface area contributed by atoms with Gasteiger partial charge in [-0.3, -0.25) is 4.79 Å². The van der Waals surface area contributed by atoms with Crippen LogP contribution in [-0.4, -0.2) is 26.6 Å². The zero-order valence-corrected chi connectivity index (χ0v) is 12.2. The minimum Gasteiger partial charge on any atom is -0.325 e. The highest BCUT2D eigenvalue weighted by atomic mass is 35.5. The summed E-state index contributed by atoms with van der Waals surface area (Å²) in [5.41, 5.74) is 0.533. The Hall–Kier alpha value is -1.11. The summed E-state index contributed by atoms with van der Waals surface area (Å²) in [6.07, 6.45) is 1.36. The van der Waals surface area contributed by atoms with Gasteiger partial charge in [-0.2, -0.15) is 0 Å². The SMILES string of the molecule is CCCCS(=O)(=O)NCC(=O)Nc1cccc(Cl)c1. The van der Waals surface area contributed by atoms with E-state index in [1.807, 2.05) is 6.92 Å². The van der Waals surface area contributed by atoms with E-state index < -0.39 is 15.9 Å². The first-order chi connectivity index (χ1) is 8.93. The van der Waals surface area contributed by atoms with Gasteiger partial charge in [-0.15, -0.1) is 0 Å². The van der Waals surface area contributed by atoms with E-state index >= 15 is 0 Å². The van der Waals surface area contributed by atoms with Crippen molar-refractivity contribution in [2.75, 3.05) is 17.6 Å².